The van der Waals surface area contributed by atoms with Crippen molar-refractivity contribution in [2.75, 3.05) is 0 Å². The van der Waals surface area contributed by atoms with Gasteiger partial charge in [-0.2, -0.15) is 0 Å². The first kappa shape index (κ1) is 29.3. The molecule has 0 bridgehead atoms. The summed E-state index contributed by atoms with van der Waals surface area (Å²) in [5.74, 6) is 0. The van der Waals surface area contributed by atoms with Gasteiger partial charge in [0.05, 0.1) is 0 Å². The van der Waals surface area contributed by atoms with Crippen molar-refractivity contribution in [2.45, 2.75) is 11.5 Å². The molecule has 11 nitrogen and oxygen atoms in total. The van der Waals surface area contributed by atoms with Crippen LogP contribution in [0.1, 0.15) is 5.56 Å². The Morgan fingerprint density at radius 2 is 1.67 bits per heavy atom. The fraction of sp³-hybridized carbons (Fsp3) is 0.286. The summed E-state index contributed by atoms with van der Waals surface area (Å²) in [6.07, 6.45) is 1.52. The van der Waals surface area contributed by atoms with E-state index in [2.05, 4.69) is 4.98 Å². The van der Waals surface area contributed by atoms with E-state index in [-0.39, 0.29) is 51.5 Å². The fourth-order valence-corrected chi connectivity index (χ4v) is 3.23. The zero-order valence-corrected chi connectivity index (χ0v) is 14.7. The van der Waals surface area contributed by atoms with Gasteiger partial charge in [0, 0.05) is 18.8 Å². The van der Waals surface area contributed by atoms with E-state index in [1.165, 1.54) is 18.3 Å². The molecule has 120 valence electrons. The Labute approximate surface area is 141 Å². The van der Waals surface area contributed by atoms with Gasteiger partial charge in [-0.1, -0.05) is 6.07 Å². The molecule has 0 aromatic carbocycles. The number of pyridine rings is 1. The smallest absolute Gasteiger partial charge is 0.776 e. The van der Waals surface area contributed by atoms with E-state index in [0.29, 0.717) is 0 Å². The summed E-state index contributed by atoms with van der Waals surface area (Å²) >= 11 is 0. The number of aliphatic hydroxyl groups is 1. The Morgan fingerprint density at radius 3 is 1.95 bits per heavy atom. The Kier molecular flexibility index (Phi) is 14.2. The van der Waals surface area contributed by atoms with Gasteiger partial charge in [-0.3, -0.25) is 9.55 Å². The predicted molar refractivity (Wildman–Crippen MR) is 65.6 cm³/mol. The molecule has 0 saturated carbocycles. The van der Waals surface area contributed by atoms with Crippen molar-refractivity contribution in [3.05, 3.63) is 30.1 Å². The molecule has 10 N–H and O–H groups in total. The first-order valence-corrected chi connectivity index (χ1v) is 7.48. The second-order valence-corrected chi connectivity index (χ2v) is 7.34. The van der Waals surface area contributed by atoms with Gasteiger partial charge >= 0.3 is 37.2 Å². The van der Waals surface area contributed by atoms with Gasteiger partial charge in [-0.15, -0.1) is 0 Å². The van der Waals surface area contributed by atoms with Crippen molar-refractivity contribution < 1.29 is 79.8 Å². The van der Waals surface area contributed by atoms with Gasteiger partial charge in [0.15, 0.2) is 7.60 Å². The molecule has 14 heteroatoms. The van der Waals surface area contributed by atoms with Crippen molar-refractivity contribution in [3.8, 4) is 0 Å². The van der Waals surface area contributed by atoms with E-state index < -0.39 is 26.7 Å². The molecule has 1 aromatic rings. The van der Waals surface area contributed by atoms with Crippen LogP contribution in [0, 0.1) is 0 Å². The maximum absolute atomic E-state index is 11.0. The van der Waals surface area contributed by atoms with Gasteiger partial charge in [0.2, 0.25) is 5.08 Å². The predicted octanol–water partition coefficient (Wildman–Crippen LogP) is -6.48. The van der Waals surface area contributed by atoms with Gasteiger partial charge < -0.3 is 45.7 Å². The van der Waals surface area contributed by atoms with Gasteiger partial charge in [0.1, 0.15) is 0 Å². The largest absolute Gasteiger partial charge is 1.00 e. The topological polar surface area (TPSA) is 246 Å². The molecular formula is C7H16NNaO10P2. The Morgan fingerprint density at radius 1 is 1.19 bits per heavy atom. The fourth-order valence-electron chi connectivity index (χ4n) is 1.14. The van der Waals surface area contributed by atoms with Gasteiger partial charge in [-0.25, -0.2) is 0 Å². The SMILES string of the molecule is O.O.O.O=P([O-])(O)C(O)(Cc1cccnc1)P(=O)(O)O.[Na+]. The maximum atomic E-state index is 11.0. The van der Waals surface area contributed by atoms with Crippen LogP contribution < -0.4 is 34.5 Å². The average molecular weight is 359 g/mol. The minimum atomic E-state index is -5.66. The van der Waals surface area contributed by atoms with E-state index in [9.17, 15) is 19.1 Å². The van der Waals surface area contributed by atoms with Crippen LogP contribution in [0.2, 0.25) is 0 Å². The summed E-state index contributed by atoms with van der Waals surface area (Å²) < 4.78 is 21.9. The van der Waals surface area contributed by atoms with Crippen LogP contribution in [0.25, 0.3) is 0 Å². The van der Waals surface area contributed by atoms with Crippen molar-refractivity contribution in [1.82, 2.24) is 4.98 Å². The Bertz CT molecular complexity index is 465. The normalized spacial score (nSPS) is 15.7. The van der Waals surface area contributed by atoms with Gasteiger partial charge in [0.25, 0.3) is 0 Å². The van der Waals surface area contributed by atoms with E-state index >= 15 is 0 Å². The zero-order valence-electron chi connectivity index (χ0n) is 10.9. The van der Waals surface area contributed by atoms with Crippen molar-refractivity contribution in [1.29, 1.82) is 0 Å². The van der Waals surface area contributed by atoms with Crippen molar-refractivity contribution in [2.24, 2.45) is 0 Å². The summed E-state index contributed by atoms with van der Waals surface area (Å²) in [7, 11) is -11.1. The zero-order chi connectivity index (χ0) is 13.3. The summed E-state index contributed by atoms with van der Waals surface area (Å²) in [5.41, 5.74) is 0.0588. The third-order valence-electron chi connectivity index (χ3n) is 2.08. The van der Waals surface area contributed by atoms with Crippen LogP contribution in [0.15, 0.2) is 24.5 Å². The van der Waals surface area contributed by atoms with Gasteiger partial charge in [-0.05, 0) is 11.6 Å². The van der Waals surface area contributed by atoms with Crippen LogP contribution in [0.5, 0.6) is 0 Å². The molecule has 21 heavy (non-hydrogen) atoms. The van der Waals surface area contributed by atoms with E-state index in [1.807, 2.05) is 0 Å². The molecular weight excluding hydrogens is 343 g/mol. The molecule has 1 heterocycles. The summed E-state index contributed by atoms with van der Waals surface area (Å²) in [5, 5.41) is 5.98. The molecule has 1 rings (SSSR count). The monoisotopic (exact) mass is 359 g/mol. The molecule has 1 aromatic heterocycles. The standard InChI is InChI=1S/C7H11NO7P2.Na.3H2O/c9-7(16(10,11)12,17(13,14)15)4-6-2-1-3-8-5-6;;;;/h1-3,5,9H,4H2,(H2,10,11,12)(H2,13,14,15);;3*1H2/q;+1;;;/p-1. The van der Waals surface area contributed by atoms with E-state index in [0.717, 1.165) is 6.20 Å². The first-order valence-electron chi connectivity index (χ1n) is 4.29. The molecule has 0 fully saturated rings. The molecule has 0 aliphatic carbocycles. The second-order valence-electron chi connectivity index (χ2n) is 3.38. The molecule has 0 spiro atoms. The minimum Gasteiger partial charge on any atom is -0.776 e. The molecule has 0 radical (unpaired) electrons. The van der Waals surface area contributed by atoms with E-state index in [1.54, 1.807) is 0 Å². The van der Waals surface area contributed by atoms with Crippen LogP contribution >= 0.6 is 15.2 Å². The number of hydrogen-bond acceptors (Lipinski definition) is 5. The number of rotatable bonds is 4. The molecule has 0 aliphatic rings. The third kappa shape index (κ3) is 6.93. The summed E-state index contributed by atoms with van der Waals surface area (Å²) in [6.45, 7) is 0. The summed E-state index contributed by atoms with van der Waals surface area (Å²) in [4.78, 5) is 41.0. The molecule has 0 saturated heterocycles. The van der Waals surface area contributed by atoms with Crippen LogP contribution in [0.3, 0.4) is 0 Å². The average Bonchev–Trinajstić information content (AvgIpc) is 2.15. The number of hydrogen-bond donors (Lipinski definition) is 4. The van der Waals surface area contributed by atoms with Crippen LogP contribution in [0.4, 0.5) is 0 Å². The molecule has 0 aliphatic heterocycles. The van der Waals surface area contributed by atoms with Crippen LogP contribution in [-0.4, -0.2) is 46.3 Å². The molecule has 2 atom stereocenters. The third-order valence-corrected chi connectivity index (χ3v) is 5.78. The molecule has 2 unspecified atom stereocenters. The number of nitrogens with zero attached hydrogens (tertiary/aromatic N) is 1. The van der Waals surface area contributed by atoms with E-state index in [4.69, 9.17) is 14.7 Å². The summed E-state index contributed by atoms with van der Waals surface area (Å²) in [6, 6.07) is 2.70. The Hall–Kier alpha value is 0.290. The van der Waals surface area contributed by atoms with Crippen LogP contribution in [-0.2, 0) is 15.6 Å². The van der Waals surface area contributed by atoms with Crippen molar-refractivity contribution >= 4 is 15.2 Å². The first-order chi connectivity index (χ1) is 7.58. The quantitative estimate of drug-likeness (QED) is 0.296. The van der Waals surface area contributed by atoms with Crippen molar-refractivity contribution in [3.63, 3.8) is 0 Å². The maximum Gasteiger partial charge on any atom is 1.00 e. The minimum absolute atomic E-state index is 0. The number of aromatic nitrogens is 1. The Balaban J connectivity index is -0.000000361. The second kappa shape index (κ2) is 10.1. The molecule has 0 amide bonds.